The van der Waals surface area contributed by atoms with Crippen molar-refractivity contribution < 1.29 is 9.59 Å². The van der Waals surface area contributed by atoms with Gasteiger partial charge in [0, 0.05) is 18.9 Å². The molecule has 0 spiro atoms. The lowest BCUT2D eigenvalue weighted by atomic mass is 10.2. The number of carbonyl (C=O) groups is 2. The van der Waals surface area contributed by atoms with E-state index in [0.29, 0.717) is 11.4 Å². The van der Waals surface area contributed by atoms with Crippen molar-refractivity contribution >= 4 is 29.0 Å². The molecule has 2 rings (SSSR count). The maximum atomic E-state index is 12.0. The number of aromatic nitrogens is 1. The molecule has 0 atom stereocenters. The van der Waals surface area contributed by atoms with Crippen LogP contribution >= 0.6 is 11.8 Å². The number of imide groups is 1. The Morgan fingerprint density at radius 1 is 1.44 bits per heavy atom. The number of carbonyl (C=O) groups excluding carboxylic acids is 2. The van der Waals surface area contributed by atoms with Crippen LogP contribution in [0.25, 0.3) is 6.08 Å². The van der Waals surface area contributed by atoms with Crippen molar-refractivity contribution in [2.75, 3.05) is 6.54 Å². The molecular formula is C13H14N2O2S. The second-order valence-electron chi connectivity index (χ2n) is 3.97. The number of hydrogen-bond donors (Lipinski definition) is 0. The molecule has 1 aliphatic rings. The highest BCUT2D eigenvalue weighted by molar-refractivity contribution is 8.18. The predicted molar refractivity (Wildman–Crippen MR) is 71.8 cm³/mol. The van der Waals surface area contributed by atoms with E-state index < -0.39 is 0 Å². The SMILES string of the molecule is CCCCN1C(=O)S/C(=C\c2cccnc2)C1=O. The largest absolute Gasteiger partial charge is 0.293 e. The number of nitrogens with zero attached hydrogens (tertiary/aromatic N) is 2. The monoisotopic (exact) mass is 262 g/mol. The van der Waals surface area contributed by atoms with Crippen LogP contribution < -0.4 is 0 Å². The lowest BCUT2D eigenvalue weighted by Gasteiger charge is -2.10. The highest BCUT2D eigenvalue weighted by atomic mass is 32.2. The molecule has 0 aromatic carbocycles. The van der Waals surface area contributed by atoms with Crippen molar-refractivity contribution in [1.82, 2.24) is 9.88 Å². The Labute approximate surface area is 110 Å². The maximum Gasteiger partial charge on any atom is 0.293 e. The van der Waals surface area contributed by atoms with E-state index in [1.807, 2.05) is 13.0 Å². The first-order chi connectivity index (χ1) is 8.72. The summed E-state index contributed by atoms with van der Waals surface area (Å²) in [6.07, 6.45) is 6.86. The Balaban J connectivity index is 2.15. The molecule has 0 bridgehead atoms. The first-order valence-electron chi connectivity index (χ1n) is 5.87. The Hall–Kier alpha value is -1.62. The Kier molecular flexibility index (Phi) is 4.15. The fourth-order valence-electron chi connectivity index (χ4n) is 1.62. The van der Waals surface area contributed by atoms with E-state index in [4.69, 9.17) is 0 Å². The Morgan fingerprint density at radius 2 is 2.28 bits per heavy atom. The van der Waals surface area contributed by atoms with E-state index in [9.17, 15) is 9.59 Å². The molecule has 1 fully saturated rings. The second-order valence-corrected chi connectivity index (χ2v) is 4.97. The smallest absolute Gasteiger partial charge is 0.268 e. The molecular weight excluding hydrogens is 248 g/mol. The minimum Gasteiger partial charge on any atom is -0.268 e. The zero-order valence-corrected chi connectivity index (χ0v) is 10.9. The van der Waals surface area contributed by atoms with Gasteiger partial charge in [0.15, 0.2) is 0 Å². The molecule has 2 heterocycles. The van der Waals surface area contributed by atoms with Gasteiger partial charge in [0.05, 0.1) is 4.91 Å². The third-order valence-electron chi connectivity index (χ3n) is 2.59. The summed E-state index contributed by atoms with van der Waals surface area (Å²) in [6.45, 7) is 2.54. The average Bonchev–Trinajstić information content (AvgIpc) is 2.64. The summed E-state index contributed by atoms with van der Waals surface area (Å²) in [4.78, 5) is 29.5. The molecule has 5 heteroatoms. The molecule has 1 aromatic heterocycles. The van der Waals surface area contributed by atoms with E-state index in [1.165, 1.54) is 4.90 Å². The van der Waals surface area contributed by atoms with Crippen LogP contribution in [-0.2, 0) is 4.79 Å². The van der Waals surface area contributed by atoms with Crippen LogP contribution in [0.1, 0.15) is 25.3 Å². The minimum atomic E-state index is -0.192. The highest BCUT2D eigenvalue weighted by Gasteiger charge is 2.34. The van der Waals surface area contributed by atoms with Gasteiger partial charge in [-0.1, -0.05) is 19.4 Å². The van der Waals surface area contributed by atoms with Crippen molar-refractivity contribution in [3.63, 3.8) is 0 Å². The van der Waals surface area contributed by atoms with E-state index in [2.05, 4.69) is 4.98 Å². The molecule has 0 aliphatic carbocycles. The van der Waals surface area contributed by atoms with Crippen LogP contribution in [0.5, 0.6) is 0 Å². The van der Waals surface area contributed by atoms with Gasteiger partial charge in [-0.05, 0) is 35.9 Å². The van der Waals surface area contributed by atoms with Gasteiger partial charge >= 0.3 is 0 Å². The lowest BCUT2D eigenvalue weighted by molar-refractivity contribution is -0.122. The number of thioether (sulfide) groups is 1. The molecule has 0 unspecified atom stereocenters. The number of amides is 2. The van der Waals surface area contributed by atoms with Crippen LogP contribution in [0, 0.1) is 0 Å². The molecule has 4 nitrogen and oxygen atoms in total. The van der Waals surface area contributed by atoms with Gasteiger partial charge in [-0.15, -0.1) is 0 Å². The molecule has 1 aromatic rings. The third-order valence-corrected chi connectivity index (χ3v) is 3.50. The average molecular weight is 262 g/mol. The molecule has 94 valence electrons. The number of pyridine rings is 1. The fourth-order valence-corrected chi connectivity index (χ4v) is 2.49. The highest BCUT2D eigenvalue weighted by Crippen LogP contribution is 2.32. The van der Waals surface area contributed by atoms with E-state index in [1.54, 1.807) is 24.5 Å². The molecule has 0 N–H and O–H groups in total. The molecule has 0 saturated carbocycles. The summed E-state index contributed by atoms with van der Waals surface area (Å²) in [5.41, 5.74) is 0.832. The standard InChI is InChI=1S/C13H14N2O2S/c1-2-3-7-15-12(16)11(18-13(15)17)8-10-5-4-6-14-9-10/h4-6,8-9H,2-3,7H2,1H3/b11-8-. The molecule has 18 heavy (non-hydrogen) atoms. The maximum absolute atomic E-state index is 12.0. The number of hydrogen-bond acceptors (Lipinski definition) is 4. The van der Waals surface area contributed by atoms with Crippen molar-refractivity contribution in [1.29, 1.82) is 0 Å². The fraction of sp³-hybridized carbons (Fsp3) is 0.308. The summed E-state index contributed by atoms with van der Waals surface area (Å²) in [7, 11) is 0. The van der Waals surface area contributed by atoms with Gasteiger partial charge < -0.3 is 0 Å². The summed E-state index contributed by atoms with van der Waals surface area (Å²) >= 11 is 0.998. The van der Waals surface area contributed by atoms with Gasteiger partial charge in [0.2, 0.25) is 0 Å². The predicted octanol–water partition coefficient (Wildman–Crippen LogP) is 2.92. The first kappa shape index (κ1) is 12.8. The summed E-state index contributed by atoms with van der Waals surface area (Å²) < 4.78 is 0. The molecule has 1 aliphatic heterocycles. The normalized spacial score (nSPS) is 17.8. The number of rotatable bonds is 4. The van der Waals surface area contributed by atoms with Crippen molar-refractivity contribution in [2.45, 2.75) is 19.8 Å². The van der Waals surface area contributed by atoms with Crippen LogP contribution in [0.3, 0.4) is 0 Å². The van der Waals surface area contributed by atoms with E-state index in [-0.39, 0.29) is 11.1 Å². The zero-order chi connectivity index (χ0) is 13.0. The Morgan fingerprint density at radius 3 is 2.94 bits per heavy atom. The van der Waals surface area contributed by atoms with Crippen LogP contribution in [0.4, 0.5) is 4.79 Å². The molecule has 2 amide bonds. The number of unbranched alkanes of at least 4 members (excludes halogenated alkanes) is 1. The quantitative estimate of drug-likeness (QED) is 0.783. The zero-order valence-electron chi connectivity index (χ0n) is 10.1. The summed E-state index contributed by atoms with van der Waals surface area (Å²) in [5, 5.41) is -0.177. The van der Waals surface area contributed by atoms with Crippen LogP contribution in [0.2, 0.25) is 0 Å². The van der Waals surface area contributed by atoms with Crippen LogP contribution in [-0.4, -0.2) is 27.6 Å². The molecule has 0 radical (unpaired) electrons. The lowest BCUT2D eigenvalue weighted by Crippen LogP contribution is -2.29. The Bertz CT molecular complexity index is 485. The van der Waals surface area contributed by atoms with E-state index >= 15 is 0 Å². The van der Waals surface area contributed by atoms with Crippen molar-refractivity contribution in [3.8, 4) is 0 Å². The first-order valence-corrected chi connectivity index (χ1v) is 6.69. The topological polar surface area (TPSA) is 50.3 Å². The van der Waals surface area contributed by atoms with Crippen LogP contribution in [0.15, 0.2) is 29.4 Å². The van der Waals surface area contributed by atoms with Gasteiger partial charge in [0.25, 0.3) is 11.1 Å². The van der Waals surface area contributed by atoms with Gasteiger partial charge in [-0.25, -0.2) is 0 Å². The minimum absolute atomic E-state index is 0.177. The van der Waals surface area contributed by atoms with Gasteiger partial charge in [0.1, 0.15) is 0 Å². The third kappa shape index (κ3) is 2.79. The van der Waals surface area contributed by atoms with Crippen molar-refractivity contribution in [3.05, 3.63) is 35.0 Å². The second kappa shape index (κ2) is 5.82. The van der Waals surface area contributed by atoms with Gasteiger partial charge in [-0.2, -0.15) is 0 Å². The van der Waals surface area contributed by atoms with Gasteiger partial charge in [-0.3, -0.25) is 19.5 Å². The molecule has 1 saturated heterocycles. The summed E-state index contributed by atoms with van der Waals surface area (Å²) in [5.74, 6) is -0.192. The van der Waals surface area contributed by atoms with E-state index in [0.717, 1.165) is 30.2 Å². The summed E-state index contributed by atoms with van der Waals surface area (Å²) in [6, 6.07) is 3.65. The van der Waals surface area contributed by atoms with Crippen molar-refractivity contribution in [2.24, 2.45) is 0 Å².